The van der Waals surface area contributed by atoms with Crippen molar-refractivity contribution in [1.29, 1.82) is 0 Å². The maximum absolute atomic E-state index is 8.54. The van der Waals surface area contributed by atoms with Gasteiger partial charge in [0.25, 0.3) is 0 Å². The molecule has 1 atom stereocenters. The quantitative estimate of drug-likeness (QED) is 0.474. The monoisotopic (exact) mass is 175 g/mol. The highest BCUT2D eigenvalue weighted by atomic mass is 16.3. The fourth-order valence-corrected chi connectivity index (χ4v) is 1.19. The van der Waals surface area contributed by atoms with Crippen LogP contribution in [0.3, 0.4) is 0 Å². The van der Waals surface area contributed by atoms with Crippen molar-refractivity contribution < 1.29 is 10.2 Å². The van der Waals surface area contributed by atoms with Crippen molar-refractivity contribution >= 4 is 0 Å². The second kappa shape index (κ2) is 8.97. The van der Waals surface area contributed by atoms with Gasteiger partial charge in [0.15, 0.2) is 0 Å². The Morgan fingerprint density at radius 3 is 2.00 bits per heavy atom. The molecule has 0 bridgehead atoms. The molecule has 3 heteroatoms. The summed E-state index contributed by atoms with van der Waals surface area (Å²) in [5.74, 6) is 0. The molecule has 12 heavy (non-hydrogen) atoms. The molecule has 0 saturated carbocycles. The molecular weight excluding hydrogens is 154 g/mol. The lowest BCUT2D eigenvalue weighted by Gasteiger charge is -2.09. The van der Waals surface area contributed by atoms with Crippen molar-refractivity contribution in [3.63, 3.8) is 0 Å². The summed E-state index contributed by atoms with van der Waals surface area (Å²) < 4.78 is 0. The summed E-state index contributed by atoms with van der Waals surface area (Å²) in [5, 5.41) is 17.0. The van der Waals surface area contributed by atoms with E-state index in [1.165, 1.54) is 0 Å². The number of hydrogen-bond acceptors (Lipinski definition) is 3. The van der Waals surface area contributed by atoms with Crippen LogP contribution in [-0.2, 0) is 0 Å². The predicted octanol–water partition coefficient (Wildman–Crippen LogP) is 0.639. The van der Waals surface area contributed by atoms with Crippen molar-refractivity contribution in [2.75, 3.05) is 13.2 Å². The largest absolute Gasteiger partial charge is 0.396 e. The van der Waals surface area contributed by atoms with Gasteiger partial charge in [-0.3, -0.25) is 0 Å². The number of nitrogens with two attached hydrogens (primary N) is 1. The molecule has 4 N–H and O–H groups in total. The predicted molar refractivity (Wildman–Crippen MR) is 49.8 cm³/mol. The van der Waals surface area contributed by atoms with Gasteiger partial charge in [0.1, 0.15) is 0 Å². The lowest BCUT2D eigenvalue weighted by molar-refractivity contribution is 0.274. The molecule has 0 aromatic rings. The Morgan fingerprint density at radius 2 is 1.42 bits per heavy atom. The van der Waals surface area contributed by atoms with Crippen molar-refractivity contribution in [1.82, 2.24) is 0 Å². The molecule has 0 saturated heterocycles. The Morgan fingerprint density at radius 1 is 0.833 bits per heavy atom. The van der Waals surface area contributed by atoms with E-state index in [-0.39, 0.29) is 19.3 Å². The minimum Gasteiger partial charge on any atom is -0.396 e. The summed E-state index contributed by atoms with van der Waals surface area (Å²) in [7, 11) is 0. The molecule has 0 rings (SSSR count). The summed E-state index contributed by atoms with van der Waals surface area (Å²) >= 11 is 0. The molecule has 74 valence electrons. The normalized spacial score (nSPS) is 13.2. The Balaban J connectivity index is 3.02. The summed E-state index contributed by atoms with van der Waals surface area (Å²) in [6.07, 6.45) is 5.76. The van der Waals surface area contributed by atoms with Crippen LogP contribution in [-0.4, -0.2) is 29.5 Å². The summed E-state index contributed by atoms with van der Waals surface area (Å²) in [6, 6.07) is 0.232. The van der Waals surface area contributed by atoms with Crippen LogP contribution >= 0.6 is 0 Å². The smallest absolute Gasteiger partial charge is 0.0431 e. The first-order valence-corrected chi connectivity index (χ1v) is 4.78. The van der Waals surface area contributed by atoms with E-state index in [2.05, 4.69) is 0 Å². The molecule has 0 fully saturated rings. The third-order valence-corrected chi connectivity index (χ3v) is 1.97. The minimum atomic E-state index is 0.232. The molecule has 0 aromatic heterocycles. The van der Waals surface area contributed by atoms with E-state index in [1.54, 1.807) is 0 Å². The average molecular weight is 175 g/mol. The highest BCUT2D eigenvalue weighted by molar-refractivity contribution is 4.60. The van der Waals surface area contributed by atoms with E-state index >= 15 is 0 Å². The molecule has 3 nitrogen and oxygen atoms in total. The van der Waals surface area contributed by atoms with E-state index in [4.69, 9.17) is 15.9 Å². The lowest BCUT2D eigenvalue weighted by atomic mass is 10.1. The summed E-state index contributed by atoms with van der Waals surface area (Å²) in [4.78, 5) is 0. The van der Waals surface area contributed by atoms with Crippen molar-refractivity contribution in [2.45, 2.75) is 44.6 Å². The summed E-state index contributed by atoms with van der Waals surface area (Å²) in [5.41, 5.74) is 5.77. The fraction of sp³-hybridized carbons (Fsp3) is 1.00. The van der Waals surface area contributed by atoms with Crippen LogP contribution in [0.1, 0.15) is 38.5 Å². The van der Waals surface area contributed by atoms with Gasteiger partial charge in [-0.25, -0.2) is 0 Å². The number of unbranched alkanes of at least 4 members (excludes halogenated alkanes) is 2. The Hall–Kier alpha value is -0.120. The standard InChI is InChI=1S/C9H21NO2/c10-9(6-4-8-12)5-2-1-3-7-11/h9,11-12H,1-8,10H2. The highest BCUT2D eigenvalue weighted by Gasteiger charge is 2.00. The SMILES string of the molecule is NC(CCCO)CCCCCO. The third-order valence-electron chi connectivity index (χ3n) is 1.97. The van der Waals surface area contributed by atoms with Gasteiger partial charge in [0, 0.05) is 19.3 Å². The zero-order chi connectivity index (χ0) is 9.23. The van der Waals surface area contributed by atoms with Gasteiger partial charge in [0.2, 0.25) is 0 Å². The van der Waals surface area contributed by atoms with E-state index in [9.17, 15) is 0 Å². The Kier molecular flexibility index (Phi) is 8.88. The first kappa shape index (κ1) is 11.9. The van der Waals surface area contributed by atoms with Gasteiger partial charge in [-0.05, 0) is 25.7 Å². The van der Waals surface area contributed by atoms with Gasteiger partial charge in [0.05, 0.1) is 0 Å². The van der Waals surface area contributed by atoms with Gasteiger partial charge >= 0.3 is 0 Å². The number of aliphatic hydroxyl groups is 2. The Bertz CT molecular complexity index is 88.6. The van der Waals surface area contributed by atoms with Gasteiger partial charge in [-0.2, -0.15) is 0 Å². The van der Waals surface area contributed by atoms with Crippen LogP contribution in [0.4, 0.5) is 0 Å². The highest BCUT2D eigenvalue weighted by Crippen LogP contribution is 2.05. The molecule has 0 aliphatic heterocycles. The molecule has 0 aromatic carbocycles. The third kappa shape index (κ3) is 7.98. The molecule has 0 aliphatic carbocycles. The lowest BCUT2D eigenvalue weighted by Crippen LogP contribution is -2.19. The first-order valence-electron chi connectivity index (χ1n) is 4.78. The number of aliphatic hydroxyl groups excluding tert-OH is 2. The number of hydrogen-bond donors (Lipinski definition) is 3. The molecule has 0 heterocycles. The van der Waals surface area contributed by atoms with Crippen molar-refractivity contribution in [2.24, 2.45) is 5.73 Å². The van der Waals surface area contributed by atoms with Crippen LogP contribution < -0.4 is 5.73 Å². The van der Waals surface area contributed by atoms with E-state index in [0.717, 1.165) is 38.5 Å². The maximum atomic E-state index is 8.54. The van der Waals surface area contributed by atoms with Gasteiger partial charge in [-0.1, -0.05) is 12.8 Å². The second-order valence-electron chi connectivity index (χ2n) is 3.20. The van der Waals surface area contributed by atoms with Crippen molar-refractivity contribution in [3.8, 4) is 0 Å². The van der Waals surface area contributed by atoms with Gasteiger partial charge < -0.3 is 15.9 Å². The minimum absolute atomic E-state index is 0.232. The molecular formula is C9H21NO2. The Labute approximate surface area is 74.6 Å². The topological polar surface area (TPSA) is 66.5 Å². The molecule has 0 aliphatic rings. The molecule has 0 spiro atoms. The average Bonchev–Trinajstić information content (AvgIpc) is 2.09. The second-order valence-corrected chi connectivity index (χ2v) is 3.20. The summed E-state index contributed by atoms with van der Waals surface area (Å²) in [6.45, 7) is 0.524. The van der Waals surface area contributed by atoms with E-state index in [1.807, 2.05) is 0 Å². The zero-order valence-electron chi connectivity index (χ0n) is 7.71. The molecule has 0 amide bonds. The molecule has 0 radical (unpaired) electrons. The van der Waals surface area contributed by atoms with Crippen LogP contribution in [0.2, 0.25) is 0 Å². The molecule has 1 unspecified atom stereocenters. The fourth-order valence-electron chi connectivity index (χ4n) is 1.19. The van der Waals surface area contributed by atoms with Crippen LogP contribution in [0, 0.1) is 0 Å². The van der Waals surface area contributed by atoms with E-state index in [0.29, 0.717) is 0 Å². The first-order chi connectivity index (χ1) is 5.81. The van der Waals surface area contributed by atoms with Crippen LogP contribution in [0.5, 0.6) is 0 Å². The van der Waals surface area contributed by atoms with Crippen LogP contribution in [0.25, 0.3) is 0 Å². The maximum Gasteiger partial charge on any atom is 0.0431 e. The van der Waals surface area contributed by atoms with Gasteiger partial charge in [-0.15, -0.1) is 0 Å². The van der Waals surface area contributed by atoms with Crippen molar-refractivity contribution in [3.05, 3.63) is 0 Å². The number of rotatable bonds is 8. The van der Waals surface area contributed by atoms with Crippen LogP contribution in [0.15, 0.2) is 0 Å². The zero-order valence-corrected chi connectivity index (χ0v) is 7.71. The van der Waals surface area contributed by atoms with E-state index < -0.39 is 0 Å².